The highest BCUT2D eigenvalue weighted by Gasteiger charge is 2.47. The summed E-state index contributed by atoms with van der Waals surface area (Å²) < 4.78 is 47.9. The van der Waals surface area contributed by atoms with Crippen LogP contribution in [0.25, 0.3) is 0 Å². The zero-order valence-corrected chi connectivity index (χ0v) is 18.7. The average molecular weight is 488 g/mol. The lowest BCUT2D eigenvalue weighted by molar-refractivity contribution is -0.125. The Labute approximate surface area is 198 Å². The van der Waals surface area contributed by atoms with Crippen molar-refractivity contribution in [3.05, 3.63) is 70.7 Å². The number of aromatic amines is 1. The number of likely N-dealkylation sites (tertiary alicyclic amines) is 1. The van der Waals surface area contributed by atoms with Crippen LogP contribution in [-0.2, 0) is 4.79 Å². The number of aromatic nitrogens is 3. The molecule has 1 aliphatic heterocycles. The maximum Gasteiger partial charge on any atom is 0.290 e. The second-order valence-corrected chi connectivity index (χ2v) is 8.20. The Hall–Kier alpha value is -3.93. The van der Waals surface area contributed by atoms with Crippen molar-refractivity contribution in [3.8, 4) is 11.5 Å². The molecule has 0 aliphatic carbocycles. The zero-order chi connectivity index (χ0) is 25.2. The van der Waals surface area contributed by atoms with Gasteiger partial charge >= 0.3 is 0 Å². The number of carbonyl (C=O) groups excluding carboxylic acids is 1. The summed E-state index contributed by atoms with van der Waals surface area (Å²) in [7, 11) is 0. The number of pyridine rings is 1. The normalized spacial score (nSPS) is 18.6. The summed E-state index contributed by atoms with van der Waals surface area (Å²) >= 11 is 0. The highest BCUT2D eigenvalue weighted by atomic mass is 19.3. The van der Waals surface area contributed by atoms with E-state index in [1.807, 2.05) is 0 Å². The Kier molecular flexibility index (Phi) is 6.74. The summed E-state index contributed by atoms with van der Waals surface area (Å²) in [4.78, 5) is 36.1. The van der Waals surface area contributed by atoms with Crippen molar-refractivity contribution in [1.29, 1.82) is 0 Å². The van der Waals surface area contributed by atoms with Crippen molar-refractivity contribution in [3.63, 3.8) is 0 Å². The van der Waals surface area contributed by atoms with Crippen LogP contribution in [-0.4, -0.2) is 50.8 Å². The number of halogens is 3. The summed E-state index contributed by atoms with van der Waals surface area (Å²) in [5.41, 5.74) is 4.80. The number of nitrogens with one attached hydrogen (secondary N) is 2. The Bertz CT molecular complexity index is 1250. The molecule has 0 spiro atoms. The Morgan fingerprint density at radius 1 is 1.26 bits per heavy atom. The number of piperidine rings is 1. The number of H-pyrrole nitrogens is 1. The van der Waals surface area contributed by atoms with Crippen LogP contribution in [0.5, 0.6) is 11.5 Å². The van der Waals surface area contributed by atoms with E-state index < -0.39 is 35.8 Å². The van der Waals surface area contributed by atoms with Crippen molar-refractivity contribution in [2.75, 3.05) is 24.1 Å². The van der Waals surface area contributed by atoms with Gasteiger partial charge in [-0.1, -0.05) is 0 Å². The predicted octanol–water partition coefficient (Wildman–Crippen LogP) is 3.13. The predicted molar refractivity (Wildman–Crippen MR) is 122 cm³/mol. The van der Waals surface area contributed by atoms with Gasteiger partial charge in [-0.2, -0.15) is 0 Å². The molecule has 12 heteroatoms. The van der Waals surface area contributed by atoms with Crippen molar-refractivity contribution in [1.82, 2.24) is 19.9 Å². The van der Waals surface area contributed by atoms with Crippen LogP contribution in [0.3, 0.4) is 0 Å². The van der Waals surface area contributed by atoms with Crippen molar-refractivity contribution >= 4 is 17.5 Å². The molecule has 2 unspecified atom stereocenters. The minimum atomic E-state index is -3.08. The Morgan fingerprint density at radius 2 is 1.97 bits per heavy atom. The quantitative estimate of drug-likeness (QED) is 0.487. The Morgan fingerprint density at radius 3 is 2.63 bits per heavy atom. The van der Waals surface area contributed by atoms with Crippen molar-refractivity contribution in [2.45, 2.75) is 31.2 Å². The first kappa shape index (κ1) is 24.2. The average Bonchev–Trinajstić information content (AvgIpc) is 2.83. The lowest BCUT2D eigenvalue weighted by Crippen LogP contribution is -2.52. The van der Waals surface area contributed by atoms with E-state index in [2.05, 4.69) is 20.3 Å². The maximum absolute atomic E-state index is 14.6. The summed E-state index contributed by atoms with van der Waals surface area (Å²) in [6.07, 6.45) is 2.04. The monoisotopic (exact) mass is 488 g/mol. The lowest BCUT2D eigenvalue weighted by atomic mass is 9.90. The van der Waals surface area contributed by atoms with Crippen molar-refractivity contribution in [2.24, 2.45) is 0 Å². The summed E-state index contributed by atoms with van der Waals surface area (Å²) in [5, 5.41) is 2.66. The fourth-order valence-electron chi connectivity index (χ4n) is 3.75. The van der Waals surface area contributed by atoms with Gasteiger partial charge in [0.25, 0.3) is 11.5 Å². The fourth-order valence-corrected chi connectivity index (χ4v) is 3.75. The molecule has 4 N–H and O–H groups in total. The van der Waals surface area contributed by atoms with E-state index in [-0.39, 0.29) is 36.2 Å². The van der Waals surface area contributed by atoms with Gasteiger partial charge in [0.05, 0.1) is 23.9 Å². The standard InChI is InChI=1S/C23H23F3N6O3/c1-13(32-9-8-23(25,26)17(12-32)18-11-29-22(34)20(27)30-18)21(33)31-19-7-6-16(10-28-19)35-15-4-2-14(24)3-5-15/h2-7,10-11,13,17H,8-9,12H2,1H3,(H2,27,30)(H,29,34)(H,28,31,33). The second kappa shape index (κ2) is 9.74. The van der Waals surface area contributed by atoms with Crippen LogP contribution in [0.15, 0.2) is 53.6 Å². The molecular weight excluding hydrogens is 465 g/mol. The number of rotatable bonds is 6. The molecule has 184 valence electrons. The molecule has 2 aromatic heterocycles. The molecule has 3 aromatic rings. The maximum atomic E-state index is 14.6. The molecule has 0 bridgehead atoms. The first-order chi connectivity index (χ1) is 16.6. The van der Waals surface area contributed by atoms with Crippen molar-refractivity contribution < 1.29 is 22.7 Å². The highest BCUT2D eigenvalue weighted by molar-refractivity contribution is 5.93. The molecule has 2 atom stereocenters. The zero-order valence-electron chi connectivity index (χ0n) is 18.7. The number of amides is 1. The molecule has 35 heavy (non-hydrogen) atoms. The largest absolute Gasteiger partial charge is 0.456 e. The third-order valence-corrected chi connectivity index (χ3v) is 5.81. The molecule has 1 amide bonds. The molecule has 0 radical (unpaired) electrons. The van der Waals surface area contributed by atoms with Gasteiger partial charge in [0, 0.05) is 25.7 Å². The number of ether oxygens (including phenoxy) is 1. The van der Waals surface area contributed by atoms with Gasteiger partial charge in [-0.25, -0.2) is 23.1 Å². The number of alkyl halides is 2. The fraction of sp³-hybridized carbons (Fsp3) is 0.304. The number of carbonyl (C=O) groups is 1. The third kappa shape index (κ3) is 5.60. The van der Waals surface area contributed by atoms with Crippen LogP contribution in [0.1, 0.15) is 25.0 Å². The van der Waals surface area contributed by atoms with Gasteiger partial charge in [0.1, 0.15) is 23.1 Å². The first-order valence-corrected chi connectivity index (χ1v) is 10.8. The summed E-state index contributed by atoms with van der Waals surface area (Å²) in [6.45, 7) is 1.45. The highest BCUT2D eigenvalue weighted by Crippen LogP contribution is 2.40. The van der Waals surface area contributed by atoms with Crippen LogP contribution in [0.4, 0.5) is 24.8 Å². The number of hydrogen-bond donors (Lipinski definition) is 3. The van der Waals surface area contributed by atoms with Gasteiger partial charge in [-0.15, -0.1) is 0 Å². The van der Waals surface area contributed by atoms with Gasteiger partial charge in [-0.05, 0) is 43.3 Å². The Balaban J connectivity index is 1.40. The molecule has 3 heterocycles. The minimum Gasteiger partial charge on any atom is -0.456 e. The van der Waals surface area contributed by atoms with Crippen LogP contribution in [0, 0.1) is 5.82 Å². The van der Waals surface area contributed by atoms with Crippen LogP contribution >= 0.6 is 0 Å². The van der Waals surface area contributed by atoms with Gasteiger partial charge in [0.2, 0.25) is 5.91 Å². The van der Waals surface area contributed by atoms with Gasteiger partial charge < -0.3 is 20.8 Å². The summed E-state index contributed by atoms with van der Waals surface area (Å²) in [6, 6.07) is 7.84. The van der Waals surface area contributed by atoms with E-state index in [9.17, 15) is 22.8 Å². The number of nitrogens with two attached hydrogens (primary N) is 1. The van der Waals surface area contributed by atoms with Crippen LogP contribution in [0.2, 0.25) is 0 Å². The van der Waals surface area contributed by atoms with E-state index >= 15 is 0 Å². The number of nitrogens with zero attached hydrogens (tertiary/aromatic N) is 3. The number of nitrogen functional groups attached to an aromatic ring is 1. The number of anilines is 2. The third-order valence-electron chi connectivity index (χ3n) is 5.81. The smallest absolute Gasteiger partial charge is 0.290 e. The minimum absolute atomic E-state index is 0.00516. The van der Waals surface area contributed by atoms with E-state index in [1.54, 1.807) is 17.9 Å². The van der Waals surface area contributed by atoms with E-state index in [1.165, 1.54) is 36.5 Å². The summed E-state index contributed by atoms with van der Waals surface area (Å²) in [5.74, 6) is -4.56. The number of hydrogen-bond acceptors (Lipinski definition) is 7. The molecule has 1 aliphatic rings. The second-order valence-electron chi connectivity index (χ2n) is 8.20. The van der Waals surface area contributed by atoms with E-state index in [4.69, 9.17) is 10.5 Å². The molecule has 1 saturated heterocycles. The lowest BCUT2D eigenvalue weighted by Gasteiger charge is -2.40. The number of benzene rings is 1. The van der Waals surface area contributed by atoms with Gasteiger partial charge in [-0.3, -0.25) is 14.5 Å². The molecule has 1 fully saturated rings. The first-order valence-electron chi connectivity index (χ1n) is 10.8. The molecule has 9 nitrogen and oxygen atoms in total. The molecular formula is C23H23F3N6O3. The molecule has 0 saturated carbocycles. The van der Waals surface area contributed by atoms with Crippen LogP contribution < -0.4 is 21.3 Å². The van der Waals surface area contributed by atoms with E-state index in [0.717, 1.165) is 6.20 Å². The topological polar surface area (TPSA) is 126 Å². The molecule has 1 aromatic carbocycles. The molecule has 4 rings (SSSR count). The van der Waals surface area contributed by atoms with E-state index in [0.29, 0.717) is 11.5 Å². The SMILES string of the molecule is CC(C(=O)Nc1ccc(Oc2ccc(F)cc2)cn1)N1CCC(F)(F)C(c2c[nH]c(=O)c(N)n2)C1. The van der Waals surface area contributed by atoms with Gasteiger partial charge in [0.15, 0.2) is 5.82 Å².